The van der Waals surface area contributed by atoms with Crippen molar-refractivity contribution >= 4 is 0 Å². The largest absolute Gasteiger partial charge is 0.475 e. The van der Waals surface area contributed by atoms with Gasteiger partial charge in [-0.3, -0.25) is 0 Å². The van der Waals surface area contributed by atoms with Crippen LogP contribution in [0.1, 0.15) is 26.3 Å². The van der Waals surface area contributed by atoms with Crippen LogP contribution in [0.3, 0.4) is 0 Å². The fourth-order valence-electron chi connectivity index (χ4n) is 1.30. The Hall–Kier alpha value is -1.35. The minimum absolute atomic E-state index is 0.148. The highest BCUT2D eigenvalue weighted by molar-refractivity contribution is 5.25. The molecule has 1 heterocycles. The number of aromatic nitrogens is 1. The highest BCUT2D eigenvalue weighted by Crippen LogP contribution is 2.15. The Balaban J connectivity index is 2.60. The van der Waals surface area contributed by atoms with Gasteiger partial charge in [-0.25, -0.2) is 4.98 Å². The molecule has 16 heavy (non-hydrogen) atoms. The molecular formula is C13H20N2O. The normalized spacial score (nSPS) is 10.5. The van der Waals surface area contributed by atoms with Gasteiger partial charge in [-0.1, -0.05) is 18.2 Å². The minimum Gasteiger partial charge on any atom is -0.475 e. The standard InChI is InChI=1S/C13H20N2O/c1-10(2)8-14-9-12-6-5-7-15-13(12)16-11(3)4/h5-7,11,14H,1,8-9H2,2-4H3. The highest BCUT2D eigenvalue weighted by atomic mass is 16.5. The van der Waals surface area contributed by atoms with Gasteiger partial charge in [-0.2, -0.15) is 0 Å². The van der Waals surface area contributed by atoms with E-state index in [-0.39, 0.29) is 6.10 Å². The van der Waals surface area contributed by atoms with Crippen molar-refractivity contribution in [1.29, 1.82) is 0 Å². The number of ether oxygens (including phenoxy) is 1. The summed E-state index contributed by atoms with van der Waals surface area (Å²) >= 11 is 0. The fourth-order valence-corrected chi connectivity index (χ4v) is 1.30. The second-order valence-corrected chi connectivity index (χ2v) is 4.19. The predicted molar refractivity (Wildman–Crippen MR) is 66.5 cm³/mol. The Bertz CT molecular complexity index is 348. The van der Waals surface area contributed by atoms with E-state index >= 15 is 0 Å². The van der Waals surface area contributed by atoms with Gasteiger partial charge in [0.1, 0.15) is 0 Å². The number of hydrogen-bond donors (Lipinski definition) is 1. The summed E-state index contributed by atoms with van der Waals surface area (Å²) in [5.74, 6) is 0.715. The van der Waals surface area contributed by atoms with Crippen molar-refractivity contribution in [2.45, 2.75) is 33.4 Å². The van der Waals surface area contributed by atoms with Gasteiger partial charge in [-0.05, 0) is 26.8 Å². The molecule has 0 fully saturated rings. The lowest BCUT2D eigenvalue weighted by atomic mass is 10.2. The van der Waals surface area contributed by atoms with E-state index in [1.54, 1.807) is 6.20 Å². The second kappa shape index (κ2) is 6.28. The monoisotopic (exact) mass is 220 g/mol. The molecule has 1 aromatic heterocycles. The van der Waals surface area contributed by atoms with Gasteiger partial charge >= 0.3 is 0 Å². The van der Waals surface area contributed by atoms with E-state index in [0.29, 0.717) is 5.88 Å². The van der Waals surface area contributed by atoms with Crippen LogP contribution in [0.5, 0.6) is 5.88 Å². The summed E-state index contributed by atoms with van der Waals surface area (Å²) in [5, 5.41) is 3.30. The molecule has 0 radical (unpaired) electrons. The van der Waals surface area contributed by atoms with Crippen LogP contribution in [0.4, 0.5) is 0 Å². The minimum atomic E-state index is 0.148. The predicted octanol–water partition coefficient (Wildman–Crippen LogP) is 2.53. The molecular weight excluding hydrogens is 200 g/mol. The van der Waals surface area contributed by atoms with Crippen LogP contribution in [0.15, 0.2) is 30.5 Å². The van der Waals surface area contributed by atoms with E-state index in [1.807, 2.05) is 32.9 Å². The van der Waals surface area contributed by atoms with E-state index in [2.05, 4.69) is 16.9 Å². The van der Waals surface area contributed by atoms with Crippen LogP contribution in [-0.4, -0.2) is 17.6 Å². The third-order valence-corrected chi connectivity index (χ3v) is 1.94. The first-order chi connectivity index (χ1) is 7.59. The maximum Gasteiger partial charge on any atom is 0.218 e. The number of rotatable bonds is 6. The first kappa shape index (κ1) is 12.7. The first-order valence-corrected chi connectivity index (χ1v) is 5.55. The smallest absolute Gasteiger partial charge is 0.218 e. The number of pyridine rings is 1. The number of nitrogens with one attached hydrogen (secondary N) is 1. The van der Waals surface area contributed by atoms with Crippen molar-refractivity contribution in [3.63, 3.8) is 0 Å². The summed E-state index contributed by atoms with van der Waals surface area (Å²) in [7, 11) is 0. The molecule has 0 aliphatic carbocycles. The molecule has 1 N–H and O–H groups in total. The van der Waals surface area contributed by atoms with E-state index in [0.717, 1.165) is 24.2 Å². The lowest BCUT2D eigenvalue weighted by Crippen LogP contribution is -2.17. The van der Waals surface area contributed by atoms with Crippen LogP contribution in [-0.2, 0) is 6.54 Å². The zero-order valence-corrected chi connectivity index (χ0v) is 10.3. The zero-order valence-electron chi connectivity index (χ0n) is 10.3. The Morgan fingerprint density at radius 3 is 2.94 bits per heavy atom. The Morgan fingerprint density at radius 2 is 2.31 bits per heavy atom. The van der Waals surface area contributed by atoms with Crippen molar-refractivity contribution in [3.8, 4) is 5.88 Å². The summed E-state index contributed by atoms with van der Waals surface area (Å²) in [6.45, 7) is 11.4. The average molecular weight is 220 g/mol. The third-order valence-electron chi connectivity index (χ3n) is 1.94. The Labute approximate surface area is 97.5 Å². The van der Waals surface area contributed by atoms with Crippen molar-refractivity contribution in [1.82, 2.24) is 10.3 Å². The maximum absolute atomic E-state index is 5.63. The summed E-state index contributed by atoms with van der Waals surface area (Å²) in [5.41, 5.74) is 2.20. The van der Waals surface area contributed by atoms with Gasteiger partial charge in [0.2, 0.25) is 5.88 Å². The molecule has 0 atom stereocenters. The lowest BCUT2D eigenvalue weighted by molar-refractivity contribution is 0.229. The maximum atomic E-state index is 5.63. The van der Waals surface area contributed by atoms with Crippen LogP contribution < -0.4 is 10.1 Å². The molecule has 0 unspecified atom stereocenters. The molecule has 0 saturated heterocycles. The fraction of sp³-hybridized carbons (Fsp3) is 0.462. The van der Waals surface area contributed by atoms with Gasteiger partial charge in [0, 0.05) is 24.8 Å². The molecule has 0 aromatic carbocycles. The molecule has 0 bridgehead atoms. The summed E-state index contributed by atoms with van der Waals surface area (Å²) in [6.07, 6.45) is 1.90. The van der Waals surface area contributed by atoms with Gasteiger partial charge in [0.15, 0.2) is 0 Å². The van der Waals surface area contributed by atoms with Gasteiger partial charge in [0.05, 0.1) is 6.10 Å². The molecule has 3 heteroatoms. The molecule has 0 aliphatic rings. The summed E-state index contributed by atoms with van der Waals surface area (Å²) in [4.78, 5) is 4.23. The molecule has 88 valence electrons. The molecule has 0 aliphatic heterocycles. The van der Waals surface area contributed by atoms with E-state index < -0.39 is 0 Å². The SMILES string of the molecule is C=C(C)CNCc1cccnc1OC(C)C. The molecule has 3 nitrogen and oxygen atoms in total. The second-order valence-electron chi connectivity index (χ2n) is 4.19. The van der Waals surface area contributed by atoms with Crippen LogP contribution in [0.2, 0.25) is 0 Å². The molecule has 0 saturated carbocycles. The number of hydrogen-bond acceptors (Lipinski definition) is 3. The van der Waals surface area contributed by atoms with Crippen molar-refractivity contribution in [3.05, 3.63) is 36.0 Å². The van der Waals surface area contributed by atoms with Crippen LogP contribution >= 0.6 is 0 Å². The van der Waals surface area contributed by atoms with Crippen molar-refractivity contribution < 1.29 is 4.74 Å². The topological polar surface area (TPSA) is 34.2 Å². The van der Waals surface area contributed by atoms with Crippen molar-refractivity contribution in [2.75, 3.05) is 6.54 Å². The van der Waals surface area contributed by atoms with E-state index in [1.165, 1.54) is 0 Å². The highest BCUT2D eigenvalue weighted by Gasteiger charge is 2.05. The van der Waals surface area contributed by atoms with Gasteiger partial charge in [0.25, 0.3) is 0 Å². The van der Waals surface area contributed by atoms with E-state index in [9.17, 15) is 0 Å². The van der Waals surface area contributed by atoms with Gasteiger partial charge in [-0.15, -0.1) is 0 Å². The first-order valence-electron chi connectivity index (χ1n) is 5.55. The molecule has 0 spiro atoms. The van der Waals surface area contributed by atoms with Crippen LogP contribution in [0.25, 0.3) is 0 Å². The molecule has 0 amide bonds. The van der Waals surface area contributed by atoms with Gasteiger partial charge < -0.3 is 10.1 Å². The lowest BCUT2D eigenvalue weighted by Gasteiger charge is -2.13. The van der Waals surface area contributed by atoms with Crippen molar-refractivity contribution in [2.24, 2.45) is 0 Å². The molecule has 1 rings (SSSR count). The average Bonchev–Trinajstić information content (AvgIpc) is 2.19. The summed E-state index contributed by atoms with van der Waals surface area (Å²) < 4.78 is 5.63. The summed E-state index contributed by atoms with van der Waals surface area (Å²) in [6, 6.07) is 3.95. The zero-order chi connectivity index (χ0) is 12.0. The Morgan fingerprint density at radius 1 is 1.56 bits per heavy atom. The Kier molecular flexibility index (Phi) is 4.99. The number of nitrogens with zero attached hydrogens (tertiary/aromatic N) is 1. The van der Waals surface area contributed by atoms with E-state index in [4.69, 9.17) is 4.74 Å². The third kappa shape index (κ3) is 4.45. The molecule has 1 aromatic rings. The van der Waals surface area contributed by atoms with Crippen LogP contribution in [0, 0.1) is 0 Å². The quantitative estimate of drug-likeness (QED) is 0.748.